The van der Waals surface area contributed by atoms with E-state index in [0.717, 1.165) is 4.47 Å². The van der Waals surface area contributed by atoms with E-state index in [0.29, 0.717) is 5.69 Å². The largest absolute Gasteiger partial charge is 0.446 e. The predicted octanol–water partition coefficient (Wildman–Crippen LogP) is 2.07. The van der Waals surface area contributed by atoms with Crippen molar-refractivity contribution in [3.63, 3.8) is 0 Å². The summed E-state index contributed by atoms with van der Waals surface area (Å²) in [5.41, 5.74) is 6.42. The minimum atomic E-state index is -0.811. The van der Waals surface area contributed by atoms with Crippen molar-refractivity contribution in [3.05, 3.63) is 46.6 Å². The molecule has 0 saturated carbocycles. The van der Waals surface area contributed by atoms with Crippen LogP contribution in [0.3, 0.4) is 0 Å². The molecule has 0 bridgehead atoms. The fourth-order valence-electron chi connectivity index (χ4n) is 1.51. The second kappa shape index (κ2) is 6.17. The molecule has 20 heavy (non-hydrogen) atoms. The smallest absolute Gasteiger partial charge is 0.277 e. The molecule has 7 heteroatoms. The standard InChI is InChI=1S/C13H14BrN3O3/c1-7(18)11(15)13-17-10(6-20-13)12(19)16-9-4-2-3-8(14)5-9/h2-7,11,18H,15H2,1H3,(H,16,19). The quantitative estimate of drug-likeness (QED) is 0.791. The number of nitrogens with two attached hydrogens (primary N) is 1. The summed E-state index contributed by atoms with van der Waals surface area (Å²) in [6.07, 6.45) is 0.403. The third-order valence-corrected chi connectivity index (χ3v) is 3.14. The van der Waals surface area contributed by atoms with Gasteiger partial charge in [0.15, 0.2) is 5.69 Å². The molecule has 2 rings (SSSR count). The van der Waals surface area contributed by atoms with Gasteiger partial charge in [0.2, 0.25) is 5.89 Å². The highest BCUT2D eigenvalue weighted by molar-refractivity contribution is 9.10. The molecule has 0 saturated heterocycles. The summed E-state index contributed by atoms with van der Waals surface area (Å²) < 4.78 is 5.96. The topological polar surface area (TPSA) is 101 Å². The van der Waals surface area contributed by atoms with Gasteiger partial charge in [-0.05, 0) is 25.1 Å². The zero-order valence-corrected chi connectivity index (χ0v) is 12.3. The van der Waals surface area contributed by atoms with Crippen molar-refractivity contribution in [2.75, 3.05) is 5.32 Å². The van der Waals surface area contributed by atoms with E-state index in [4.69, 9.17) is 10.2 Å². The average molecular weight is 340 g/mol. The molecule has 2 aromatic rings. The molecule has 106 valence electrons. The number of rotatable bonds is 4. The number of nitrogens with zero attached hydrogens (tertiary/aromatic N) is 1. The SMILES string of the molecule is CC(O)C(N)c1nc(C(=O)Nc2cccc(Br)c2)co1. The Labute approximate surface area is 124 Å². The Hall–Kier alpha value is -1.70. The maximum absolute atomic E-state index is 12.0. The number of carbonyl (C=O) groups is 1. The summed E-state index contributed by atoms with van der Waals surface area (Å²) in [6, 6.07) is 6.41. The van der Waals surface area contributed by atoms with Gasteiger partial charge < -0.3 is 20.6 Å². The molecule has 1 amide bonds. The first-order valence-corrected chi connectivity index (χ1v) is 6.72. The monoisotopic (exact) mass is 339 g/mol. The zero-order chi connectivity index (χ0) is 14.7. The summed E-state index contributed by atoms with van der Waals surface area (Å²) in [5.74, 6) is -0.282. The molecule has 6 nitrogen and oxygen atoms in total. The van der Waals surface area contributed by atoms with E-state index in [1.165, 1.54) is 13.2 Å². The highest BCUT2D eigenvalue weighted by Gasteiger charge is 2.20. The Bertz CT molecular complexity index is 612. The maximum Gasteiger partial charge on any atom is 0.277 e. The Morgan fingerprint density at radius 2 is 2.30 bits per heavy atom. The van der Waals surface area contributed by atoms with Crippen LogP contribution in [-0.4, -0.2) is 22.1 Å². The first-order valence-electron chi connectivity index (χ1n) is 5.93. The third kappa shape index (κ3) is 3.44. The normalized spacial score (nSPS) is 13.8. The molecule has 0 spiro atoms. The van der Waals surface area contributed by atoms with Crippen LogP contribution in [0, 0.1) is 0 Å². The Balaban J connectivity index is 2.10. The summed E-state index contributed by atoms with van der Waals surface area (Å²) in [6.45, 7) is 1.52. The van der Waals surface area contributed by atoms with Gasteiger partial charge in [0, 0.05) is 10.2 Å². The number of aromatic nitrogens is 1. The minimum Gasteiger partial charge on any atom is -0.446 e. The molecule has 2 unspecified atom stereocenters. The lowest BCUT2D eigenvalue weighted by Gasteiger charge is -2.09. The van der Waals surface area contributed by atoms with Crippen LogP contribution in [0.15, 0.2) is 39.4 Å². The van der Waals surface area contributed by atoms with Crippen LogP contribution in [0.5, 0.6) is 0 Å². The summed E-state index contributed by atoms with van der Waals surface area (Å²) >= 11 is 3.32. The van der Waals surface area contributed by atoms with Crippen LogP contribution in [0.25, 0.3) is 0 Å². The molecule has 1 aromatic heterocycles. The van der Waals surface area contributed by atoms with E-state index < -0.39 is 18.1 Å². The van der Waals surface area contributed by atoms with E-state index >= 15 is 0 Å². The zero-order valence-electron chi connectivity index (χ0n) is 10.7. The average Bonchev–Trinajstić information content (AvgIpc) is 2.87. The van der Waals surface area contributed by atoms with Crippen molar-refractivity contribution in [2.45, 2.75) is 19.1 Å². The summed E-state index contributed by atoms with van der Waals surface area (Å²) in [4.78, 5) is 16.0. The maximum atomic E-state index is 12.0. The van der Waals surface area contributed by atoms with Crippen molar-refractivity contribution in [1.29, 1.82) is 0 Å². The third-order valence-electron chi connectivity index (χ3n) is 2.64. The Morgan fingerprint density at radius 3 is 2.95 bits per heavy atom. The molecule has 2 atom stereocenters. The fraction of sp³-hybridized carbons (Fsp3) is 0.231. The number of nitrogens with one attached hydrogen (secondary N) is 1. The van der Waals surface area contributed by atoms with Gasteiger partial charge in [-0.2, -0.15) is 0 Å². The second-order valence-corrected chi connectivity index (χ2v) is 5.22. The van der Waals surface area contributed by atoms with Gasteiger partial charge in [0.25, 0.3) is 5.91 Å². The number of benzene rings is 1. The molecule has 0 fully saturated rings. The van der Waals surface area contributed by atoms with Crippen LogP contribution >= 0.6 is 15.9 Å². The van der Waals surface area contributed by atoms with Crippen molar-refractivity contribution >= 4 is 27.5 Å². The Kier molecular flexibility index (Phi) is 4.53. The molecule has 1 aromatic carbocycles. The molecule has 1 heterocycles. The lowest BCUT2D eigenvalue weighted by atomic mass is 10.2. The van der Waals surface area contributed by atoms with E-state index in [1.54, 1.807) is 18.2 Å². The number of halogens is 1. The van der Waals surface area contributed by atoms with Crippen LogP contribution in [0.1, 0.15) is 29.3 Å². The molecule has 0 aliphatic heterocycles. The van der Waals surface area contributed by atoms with Crippen molar-refractivity contribution in [2.24, 2.45) is 5.73 Å². The predicted molar refractivity (Wildman–Crippen MR) is 77.2 cm³/mol. The van der Waals surface area contributed by atoms with Crippen LogP contribution in [0.4, 0.5) is 5.69 Å². The molecule has 4 N–H and O–H groups in total. The van der Waals surface area contributed by atoms with Gasteiger partial charge in [-0.1, -0.05) is 22.0 Å². The van der Waals surface area contributed by atoms with Gasteiger partial charge in [-0.15, -0.1) is 0 Å². The first kappa shape index (κ1) is 14.7. The van der Waals surface area contributed by atoms with Gasteiger partial charge >= 0.3 is 0 Å². The van der Waals surface area contributed by atoms with E-state index in [1.807, 2.05) is 6.07 Å². The van der Waals surface area contributed by atoms with Gasteiger partial charge in [0.1, 0.15) is 12.3 Å². The highest BCUT2D eigenvalue weighted by Crippen LogP contribution is 2.17. The lowest BCUT2D eigenvalue weighted by molar-refractivity contribution is 0.102. The number of carbonyl (C=O) groups excluding carboxylic acids is 1. The van der Waals surface area contributed by atoms with E-state index in [9.17, 15) is 9.90 Å². The number of aliphatic hydroxyl groups is 1. The van der Waals surface area contributed by atoms with Crippen molar-refractivity contribution < 1.29 is 14.3 Å². The van der Waals surface area contributed by atoms with Gasteiger partial charge in [-0.25, -0.2) is 4.98 Å². The van der Waals surface area contributed by atoms with Crippen LogP contribution in [0.2, 0.25) is 0 Å². The fourth-order valence-corrected chi connectivity index (χ4v) is 1.91. The van der Waals surface area contributed by atoms with Crippen molar-refractivity contribution in [3.8, 4) is 0 Å². The number of aliphatic hydroxyl groups excluding tert-OH is 1. The second-order valence-electron chi connectivity index (χ2n) is 4.30. The van der Waals surface area contributed by atoms with Crippen LogP contribution in [-0.2, 0) is 0 Å². The molecule has 0 aliphatic carbocycles. The lowest BCUT2D eigenvalue weighted by Crippen LogP contribution is -2.23. The number of oxazole rings is 1. The van der Waals surface area contributed by atoms with Crippen LogP contribution < -0.4 is 11.1 Å². The van der Waals surface area contributed by atoms with E-state index in [2.05, 4.69) is 26.2 Å². The number of hydrogen-bond donors (Lipinski definition) is 3. The number of hydrogen-bond acceptors (Lipinski definition) is 5. The molecular formula is C13H14BrN3O3. The minimum absolute atomic E-state index is 0.107. The first-order chi connectivity index (χ1) is 9.47. The van der Waals surface area contributed by atoms with Gasteiger partial charge in [-0.3, -0.25) is 4.79 Å². The highest BCUT2D eigenvalue weighted by atomic mass is 79.9. The summed E-state index contributed by atoms with van der Waals surface area (Å²) in [7, 11) is 0. The number of amides is 1. The Morgan fingerprint density at radius 1 is 1.55 bits per heavy atom. The van der Waals surface area contributed by atoms with Gasteiger partial charge in [0.05, 0.1) is 6.10 Å². The number of anilines is 1. The molecule has 0 aliphatic rings. The molecule has 0 radical (unpaired) electrons. The molecular weight excluding hydrogens is 326 g/mol. The van der Waals surface area contributed by atoms with E-state index in [-0.39, 0.29) is 11.6 Å². The van der Waals surface area contributed by atoms with Crippen molar-refractivity contribution in [1.82, 2.24) is 4.98 Å². The summed E-state index contributed by atoms with van der Waals surface area (Å²) in [5, 5.41) is 12.0.